The summed E-state index contributed by atoms with van der Waals surface area (Å²) in [5.74, 6) is 0.417. The Labute approximate surface area is 164 Å². The molecule has 0 aliphatic rings. The maximum Gasteiger partial charge on any atom is 0.348 e. The predicted molar refractivity (Wildman–Crippen MR) is 106 cm³/mol. The first-order valence-electron chi connectivity index (χ1n) is 8.36. The zero-order valence-electron chi connectivity index (χ0n) is 15.7. The van der Waals surface area contributed by atoms with Gasteiger partial charge in [-0.25, -0.2) is 14.8 Å². The van der Waals surface area contributed by atoms with Gasteiger partial charge < -0.3 is 14.8 Å². The third kappa shape index (κ3) is 3.72. The molecule has 0 amide bonds. The standard InChI is InChI=1S/C18H18N4O5S/c1-9(2)27-18(23)15-10(3)14-16(19-8-20-17(14)28-15)21-12-7-11(22(24)25)5-6-13(12)26-4/h5-9H,1-4H3,(H,19,20,21). The smallest absolute Gasteiger partial charge is 0.348 e. The summed E-state index contributed by atoms with van der Waals surface area (Å²) in [5, 5.41) is 14.8. The average molecular weight is 402 g/mol. The lowest BCUT2D eigenvalue weighted by Crippen LogP contribution is -2.11. The third-order valence-electron chi connectivity index (χ3n) is 3.90. The van der Waals surface area contributed by atoms with Crippen LogP contribution in [0.15, 0.2) is 24.5 Å². The minimum atomic E-state index is -0.490. The summed E-state index contributed by atoms with van der Waals surface area (Å²) >= 11 is 1.21. The van der Waals surface area contributed by atoms with Crippen LogP contribution in [-0.2, 0) is 4.74 Å². The van der Waals surface area contributed by atoms with Gasteiger partial charge in [0, 0.05) is 12.1 Å². The van der Waals surface area contributed by atoms with Crippen LogP contribution in [0.5, 0.6) is 5.75 Å². The van der Waals surface area contributed by atoms with Crippen molar-refractivity contribution in [2.24, 2.45) is 0 Å². The van der Waals surface area contributed by atoms with E-state index in [9.17, 15) is 14.9 Å². The van der Waals surface area contributed by atoms with Crippen molar-refractivity contribution in [1.82, 2.24) is 9.97 Å². The van der Waals surface area contributed by atoms with Gasteiger partial charge in [-0.15, -0.1) is 11.3 Å². The van der Waals surface area contributed by atoms with Crippen molar-refractivity contribution in [1.29, 1.82) is 0 Å². The number of hydrogen-bond acceptors (Lipinski definition) is 9. The van der Waals surface area contributed by atoms with Gasteiger partial charge in [-0.1, -0.05) is 0 Å². The van der Waals surface area contributed by atoms with Crippen molar-refractivity contribution in [3.8, 4) is 5.75 Å². The summed E-state index contributed by atoms with van der Waals surface area (Å²) in [4.78, 5) is 32.5. The number of nitro groups is 1. The number of nitrogens with one attached hydrogen (secondary N) is 1. The van der Waals surface area contributed by atoms with Gasteiger partial charge in [-0.2, -0.15) is 0 Å². The van der Waals surface area contributed by atoms with Gasteiger partial charge in [0.2, 0.25) is 0 Å². The van der Waals surface area contributed by atoms with Crippen LogP contribution in [0.2, 0.25) is 0 Å². The van der Waals surface area contributed by atoms with E-state index < -0.39 is 10.9 Å². The van der Waals surface area contributed by atoms with Crippen LogP contribution in [-0.4, -0.2) is 34.1 Å². The van der Waals surface area contributed by atoms with Crippen LogP contribution >= 0.6 is 11.3 Å². The largest absolute Gasteiger partial charge is 0.495 e. The quantitative estimate of drug-likeness (QED) is 0.370. The fourth-order valence-electron chi connectivity index (χ4n) is 2.66. The van der Waals surface area contributed by atoms with E-state index in [-0.39, 0.29) is 11.8 Å². The number of ether oxygens (including phenoxy) is 2. The number of thiophene rings is 1. The average Bonchev–Trinajstić information content (AvgIpc) is 2.99. The molecule has 0 unspecified atom stereocenters. The first-order valence-corrected chi connectivity index (χ1v) is 9.18. The number of nitrogens with zero attached hydrogens (tertiary/aromatic N) is 3. The van der Waals surface area contributed by atoms with Gasteiger partial charge in [0.15, 0.2) is 0 Å². The fourth-order valence-corrected chi connectivity index (χ4v) is 3.70. The molecule has 1 aromatic carbocycles. The maximum absolute atomic E-state index is 12.4. The second kappa shape index (κ2) is 7.77. The predicted octanol–water partition coefficient (Wildman–Crippen LogP) is 4.23. The Bertz CT molecular complexity index is 1060. The Kier molecular flexibility index (Phi) is 5.41. The maximum atomic E-state index is 12.4. The lowest BCUT2D eigenvalue weighted by Gasteiger charge is -2.11. The molecule has 2 heterocycles. The number of aryl methyl sites for hydroxylation is 1. The van der Waals surface area contributed by atoms with E-state index in [0.717, 1.165) is 0 Å². The molecule has 0 bridgehead atoms. The molecule has 0 radical (unpaired) electrons. The second-order valence-electron chi connectivity index (χ2n) is 6.18. The Morgan fingerprint density at radius 3 is 2.71 bits per heavy atom. The number of fused-ring (bicyclic) bond motifs is 1. The molecular formula is C18H18N4O5S. The van der Waals surface area contributed by atoms with Crippen molar-refractivity contribution in [3.63, 3.8) is 0 Å². The molecule has 10 heteroatoms. The van der Waals surface area contributed by atoms with Crippen LogP contribution < -0.4 is 10.1 Å². The second-order valence-corrected chi connectivity index (χ2v) is 7.18. The monoisotopic (exact) mass is 402 g/mol. The highest BCUT2D eigenvalue weighted by atomic mass is 32.1. The molecule has 3 aromatic rings. The van der Waals surface area contributed by atoms with E-state index in [4.69, 9.17) is 9.47 Å². The highest BCUT2D eigenvalue weighted by Crippen LogP contribution is 2.37. The number of carbonyl (C=O) groups excluding carboxylic acids is 1. The zero-order valence-corrected chi connectivity index (χ0v) is 16.5. The zero-order chi connectivity index (χ0) is 20.4. The van der Waals surface area contributed by atoms with Gasteiger partial charge in [0.05, 0.1) is 29.2 Å². The van der Waals surface area contributed by atoms with Crippen molar-refractivity contribution in [2.75, 3.05) is 12.4 Å². The Morgan fingerprint density at radius 2 is 2.07 bits per heavy atom. The fraction of sp³-hybridized carbons (Fsp3) is 0.278. The molecule has 0 atom stereocenters. The molecule has 0 saturated carbocycles. The number of nitro benzene ring substituents is 1. The van der Waals surface area contributed by atoms with E-state index >= 15 is 0 Å². The first-order chi connectivity index (χ1) is 13.3. The number of hydrogen-bond donors (Lipinski definition) is 1. The molecule has 2 aromatic heterocycles. The van der Waals surface area contributed by atoms with Crippen molar-refractivity contribution < 1.29 is 19.2 Å². The van der Waals surface area contributed by atoms with E-state index in [0.29, 0.717) is 37.9 Å². The minimum Gasteiger partial charge on any atom is -0.495 e. The van der Waals surface area contributed by atoms with E-state index in [1.165, 1.54) is 43.0 Å². The van der Waals surface area contributed by atoms with Crippen LogP contribution in [0.4, 0.5) is 17.2 Å². The van der Waals surface area contributed by atoms with Crippen LogP contribution in [0.1, 0.15) is 29.1 Å². The van der Waals surface area contributed by atoms with E-state index in [1.807, 2.05) is 0 Å². The molecule has 0 fully saturated rings. The normalized spacial score (nSPS) is 10.9. The molecule has 28 heavy (non-hydrogen) atoms. The van der Waals surface area contributed by atoms with Crippen molar-refractivity contribution >= 4 is 44.7 Å². The van der Waals surface area contributed by atoms with Crippen molar-refractivity contribution in [2.45, 2.75) is 26.9 Å². The van der Waals surface area contributed by atoms with E-state index in [1.54, 1.807) is 20.8 Å². The molecule has 9 nitrogen and oxygen atoms in total. The molecular weight excluding hydrogens is 384 g/mol. The lowest BCUT2D eigenvalue weighted by molar-refractivity contribution is -0.384. The first kappa shape index (κ1) is 19.5. The number of esters is 1. The van der Waals surface area contributed by atoms with Gasteiger partial charge in [-0.05, 0) is 32.4 Å². The summed E-state index contributed by atoms with van der Waals surface area (Å²) in [6, 6.07) is 4.22. The number of aromatic nitrogens is 2. The number of methoxy groups -OCH3 is 1. The number of non-ortho nitro benzene ring substituents is 1. The molecule has 0 aliphatic carbocycles. The summed E-state index contributed by atoms with van der Waals surface area (Å²) < 4.78 is 10.6. The molecule has 0 spiro atoms. The summed E-state index contributed by atoms with van der Waals surface area (Å²) in [7, 11) is 1.47. The van der Waals surface area contributed by atoms with Crippen LogP contribution in [0.3, 0.4) is 0 Å². The molecule has 0 saturated heterocycles. The summed E-state index contributed by atoms with van der Waals surface area (Å²) in [6.45, 7) is 5.35. The molecule has 3 rings (SSSR count). The van der Waals surface area contributed by atoms with Crippen LogP contribution in [0.25, 0.3) is 10.2 Å². The van der Waals surface area contributed by atoms with Gasteiger partial charge in [0.1, 0.15) is 27.6 Å². The molecule has 146 valence electrons. The topological polar surface area (TPSA) is 116 Å². The number of rotatable bonds is 6. The minimum absolute atomic E-state index is 0.0863. The Hall–Kier alpha value is -3.27. The van der Waals surface area contributed by atoms with Gasteiger partial charge in [-0.3, -0.25) is 10.1 Å². The number of benzene rings is 1. The number of anilines is 2. The van der Waals surface area contributed by atoms with Crippen molar-refractivity contribution in [3.05, 3.63) is 45.1 Å². The third-order valence-corrected chi connectivity index (χ3v) is 5.08. The van der Waals surface area contributed by atoms with Crippen LogP contribution in [0, 0.1) is 17.0 Å². The Morgan fingerprint density at radius 1 is 1.32 bits per heavy atom. The SMILES string of the molecule is COc1ccc([N+](=O)[O-])cc1Nc1ncnc2sc(C(=O)OC(C)C)c(C)c12. The Balaban J connectivity index is 2.08. The highest BCUT2D eigenvalue weighted by molar-refractivity contribution is 7.20. The summed E-state index contributed by atoms with van der Waals surface area (Å²) in [6.07, 6.45) is 1.12. The highest BCUT2D eigenvalue weighted by Gasteiger charge is 2.22. The lowest BCUT2D eigenvalue weighted by atomic mass is 10.2. The van der Waals surface area contributed by atoms with Gasteiger partial charge in [0.25, 0.3) is 5.69 Å². The molecule has 1 N–H and O–H groups in total. The number of carbonyl (C=O) groups is 1. The van der Waals surface area contributed by atoms with Gasteiger partial charge >= 0.3 is 5.97 Å². The summed E-state index contributed by atoms with van der Waals surface area (Å²) in [5.41, 5.74) is 0.976. The van der Waals surface area contributed by atoms with E-state index in [2.05, 4.69) is 15.3 Å². The molecule has 0 aliphatic heterocycles.